The maximum atomic E-state index is 6.07. The van der Waals surface area contributed by atoms with Crippen molar-refractivity contribution in [2.75, 3.05) is 0 Å². The van der Waals surface area contributed by atoms with Gasteiger partial charge in [0.15, 0.2) is 0 Å². The van der Waals surface area contributed by atoms with Crippen molar-refractivity contribution >= 4 is 21.9 Å². The van der Waals surface area contributed by atoms with Crippen LogP contribution in [0.3, 0.4) is 0 Å². The molecule has 2 aromatic carbocycles. The van der Waals surface area contributed by atoms with Gasteiger partial charge in [0.05, 0.1) is 11.2 Å². The summed E-state index contributed by atoms with van der Waals surface area (Å²) < 4.78 is 13.9. The molecule has 0 amide bonds. The number of ether oxygens (including phenoxy) is 2. The summed E-state index contributed by atoms with van der Waals surface area (Å²) in [6, 6.07) is 31.1. The van der Waals surface area contributed by atoms with Crippen molar-refractivity contribution in [2.24, 2.45) is 0 Å². The minimum atomic E-state index is 0.411. The topological polar surface area (TPSA) is 62.1 Å². The minimum Gasteiger partial charge on any atom is -0.439 e. The molecule has 0 N–H and O–H groups in total. The average Bonchev–Trinajstić information content (AvgIpc) is 3.20. The second kappa shape index (κ2) is 8.09. The zero-order chi connectivity index (χ0) is 22.0. The number of pyridine rings is 3. The second-order valence-corrected chi connectivity index (χ2v) is 7.41. The normalized spacial score (nSPS) is 11.0. The molecule has 0 aliphatic carbocycles. The SMILES string of the molecule is c1ccc(Oc2cccc(Oc3cccc(-n4c5ccccc5c5cccnc54)c3)n2)nc1. The lowest BCUT2D eigenvalue weighted by atomic mass is 10.2. The molecule has 6 heteroatoms. The fourth-order valence-electron chi connectivity index (χ4n) is 3.89. The van der Waals surface area contributed by atoms with Gasteiger partial charge in [-0.3, -0.25) is 4.57 Å². The lowest BCUT2D eigenvalue weighted by Gasteiger charge is -2.10. The highest BCUT2D eigenvalue weighted by Gasteiger charge is 2.13. The van der Waals surface area contributed by atoms with Gasteiger partial charge in [-0.1, -0.05) is 36.4 Å². The van der Waals surface area contributed by atoms with Gasteiger partial charge in [0, 0.05) is 47.4 Å². The summed E-state index contributed by atoms with van der Waals surface area (Å²) in [4.78, 5) is 13.3. The van der Waals surface area contributed by atoms with Crippen molar-refractivity contribution in [2.45, 2.75) is 0 Å². The highest BCUT2D eigenvalue weighted by molar-refractivity contribution is 6.07. The summed E-state index contributed by atoms with van der Waals surface area (Å²) >= 11 is 0. The third-order valence-corrected chi connectivity index (χ3v) is 5.28. The Morgan fingerprint density at radius 1 is 0.576 bits per heavy atom. The quantitative estimate of drug-likeness (QED) is 0.310. The molecule has 33 heavy (non-hydrogen) atoms. The third-order valence-electron chi connectivity index (χ3n) is 5.28. The smallest absolute Gasteiger partial charge is 0.224 e. The standard InChI is InChI=1S/C27H18N4O2/c1-2-12-23-21(10-1)22-11-7-17-29-27(22)31(23)19-8-5-9-20(18-19)32-25-14-6-15-26(30-25)33-24-13-3-4-16-28-24/h1-18H. The van der Waals surface area contributed by atoms with Crippen LogP contribution in [0.2, 0.25) is 0 Å². The average molecular weight is 430 g/mol. The number of benzene rings is 2. The van der Waals surface area contributed by atoms with Crippen LogP contribution < -0.4 is 9.47 Å². The third kappa shape index (κ3) is 3.64. The molecule has 0 bridgehead atoms. The first-order valence-corrected chi connectivity index (χ1v) is 10.5. The number of para-hydroxylation sites is 1. The summed E-state index contributed by atoms with van der Waals surface area (Å²) in [6.45, 7) is 0. The van der Waals surface area contributed by atoms with Crippen molar-refractivity contribution in [1.82, 2.24) is 19.5 Å². The van der Waals surface area contributed by atoms with Crippen LogP contribution in [0.1, 0.15) is 0 Å². The molecule has 0 radical (unpaired) electrons. The largest absolute Gasteiger partial charge is 0.439 e. The van der Waals surface area contributed by atoms with Gasteiger partial charge in [-0.05, 0) is 36.4 Å². The van der Waals surface area contributed by atoms with Gasteiger partial charge in [0.25, 0.3) is 0 Å². The highest BCUT2D eigenvalue weighted by atomic mass is 16.5. The summed E-state index contributed by atoms with van der Waals surface area (Å²) in [5.74, 6) is 1.98. The van der Waals surface area contributed by atoms with E-state index in [1.54, 1.807) is 24.4 Å². The summed E-state index contributed by atoms with van der Waals surface area (Å²) in [5, 5.41) is 2.27. The zero-order valence-corrected chi connectivity index (χ0v) is 17.5. The van der Waals surface area contributed by atoms with E-state index in [9.17, 15) is 0 Å². The number of fused-ring (bicyclic) bond motifs is 3. The van der Waals surface area contributed by atoms with Gasteiger partial charge in [-0.25, -0.2) is 9.97 Å². The Labute approximate surface area is 189 Å². The van der Waals surface area contributed by atoms with E-state index in [4.69, 9.17) is 9.47 Å². The van der Waals surface area contributed by atoms with Crippen molar-refractivity contribution in [3.05, 3.63) is 109 Å². The lowest BCUT2D eigenvalue weighted by molar-refractivity contribution is 0.417. The molecule has 0 unspecified atom stereocenters. The van der Waals surface area contributed by atoms with E-state index in [-0.39, 0.29) is 0 Å². The van der Waals surface area contributed by atoms with Crippen molar-refractivity contribution in [3.8, 4) is 29.1 Å². The van der Waals surface area contributed by atoms with Crippen LogP contribution in [0, 0.1) is 0 Å². The van der Waals surface area contributed by atoms with Crippen molar-refractivity contribution < 1.29 is 9.47 Å². The van der Waals surface area contributed by atoms with E-state index < -0.39 is 0 Å². The molecule has 4 heterocycles. The molecule has 0 atom stereocenters. The van der Waals surface area contributed by atoms with E-state index >= 15 is 0 Å². The number of nitrogens with zero attached hydrogens (tertiary/aromatic N) is 4. The molecule has 0 aliphatic heterocycles. The van der Waals surface area contributed by atoms with Gasteiger partial charge in [0.2, 0.25) is 17.6 Å². The van der Waals surface area contributed by atoms with Crippen molar-refractivity contribution in [1.29, 1.82) is 0 Å². The first kappa shape index (κ1) is 19.0. The monoisotopic (exact) mass is 430 g/mol. The van der Waals surface area contributed by atoms with Gasteiger partial charge in [-0.2, -0.15) is 4.98 Å². The minimum absolute atomic E-state index is 0.411. The Hall–Kier alpha value is -4.71. The van der Waals surface area contributed by atoms with Crippen molar-refractivity contribution in [3.63, 3.8) is 0 Å². The van der Waals surface area contributed by atoms with E-state index in [2.05, 4.69) is 37.7 Å². The molecule has 6 nitrogen and oxygen atoms in total. The molecule has 0 saturated carbocycles. The number of rotatable bonds is 5. The highest BCUT2D eigenvalue weighted by Crippen LogP contribution is 2.32. The van der Waals surface area contributed by atoms with E-state index in [0.29, 0.717) is 23.4 Å². The van der Waals surface area contributed by atoms with Crippen LogP contribution in [0.5, 0.6) is 23.4 Å². The molecule has 158 valence electrons. The number of hydrogen-bond acceptors (Lipinski definition) is 5. The second-order valence-electron chi connectivity index (χ2n) is 7.41. The molecule has 0 spiro atoms. The molecular formula is C27H18N4O2. The van der Waals surface area contributed by atoms with Gasteiger partial charge in [0.1, 0.15) is 11.4 Å². The predicted octanol–water partition coefficient (Wildman–Crippen LogP) is 6.55. The first-order valence-electron chi connectivity index (χ1n) is 10.5. The summed E-state index contributed by atoms with van der Waals surface area (Å²) in [5.41, 5.74) is 2.95. The Morgan fingerprint density at radius 2 is 1.33 bits per heavy atom. The van der Waals surface area contributed by atoms with Crippen LogP contribution in [0.15, 0.2) is 109 Å². The molecule has 6 aromatic rings. The number of aromatic nitrogens is 4. The first-order chi connectivity index (χ1) is 16.3. The van der Waals surface area contributed by atoms with Gasteiger partial charge in [-0.15, -0.1) is 0 Å². The molecule has 0 fully saturated rings. The fourth-order valence-corrected chi connectivity index (χ4v) is 3.89. The summed E-state index contributed by atoms with van der Waals surface area (Å²) in [6.07, 6.45) is 3.49. The Kier molecular flexibility index (Phi) is 4.66. The van der Waals surface area contributed by atoms with Crippen LogP contribution in [0.25, 0.3) is 27.6 Å². The van der Waals surface area contributed by atoms with Crippen LogP contribution in [-0.2, 0) is 0 Å². The van der Waals surface area contributed by atoms with Crippen LogP contribution in [-0.4, -0.2) is 19.5 Å². The Morgan fingerprint density at radius 3 is 2.24 bits per heavy atom. The van der Waals surface area contributed by atoms with E-state index in [1.807, 2.05) is 66.9 Å². The maximum Gasteiger partial charge on any atom is 0.224 e. The Bertz CT molecular complexity index is 1520. The van der Waals surface area contributed by atoms with Crippen LogP contribution in [0.4, 0.5) is 0 Å². The summed E-state index contributed by atoms with van der Waals surface area (Å²) in [7, 11) is 0. The molecular weight excluding hydrogens is 412 g/mol. The predicted molar refractivity (Wildman–Crippen MR) is 127 cm³/mol. The molecule has 4 aromatic heterocycles. The Balaban J connectivity index is 1.35. The maximum absolute atomic E-state index is 6.07. The van der Waals surface area contributed by atoms with Gasteiger partial charge < -0.3 is 9.47 Å². The molecule has 0 saturated heterocycles. The lowest BCUT2D eigenvalue weighted by Crippen LogP contribution is -1.96. The van der Waals surface area contributed by atoms with E-state index in [1.165, 1.54) is 0 Å². The van der Waals surface area contributed by atoms with Gasteiger partial charge >= 0.3 is 0 Å². The fraction of sp³-hybridized carbons (Fsp3) is 0. The zero-order valence-electron chi connectivity index (χ0n) is 17.5. The number of hydrogen-bond donors (Lipinski definition) is 0. The molecule has 6 rings (SSSR count). The molecule has 0 aliphatic rings. The van der Waals surface area contributed by atoms with E-state index in [0.717, 1.165) is 27.6 Å². The van der Waals surface area contributed by atoms with Crippen LogP contribution >= 0.6 is 0 Å².